The van der Waals surface area contributed by atoms with E-state index in [1.54, 1.807) is 0 Å². The minimum Gasteiger partial charge on any atom is -0.493 e. The standard InChI is InChI=1S/C17H24N2O2/c1-3-21-16-9-5-4-8-14(16)17(20)19-10-6-7-13-11-18(2)12-15(13)19/h4-5,8-9,13,15H,3,6-7,10-12H2,1-2H3/t13-,15+/m0/s1. The van der Waals surface area contributed by atoms with E-state index in [0.717, 1.165) is 26.1 Å². The van der Waals surface area contributed by atoms with Gasteiger partial charge in [-0.3, -0.25) is 4.79 Å². The van der Waals surface area contributed by atoms with Gasteiger partial charge in [-0.05, 0) is 44.9 Å². The molecule has 0 bridgehead atoms. The summed E-state index contributed by atoms with van der Waals surface area (Å²) in [5.41, 5.74) is 0.703. The number of fused-ring (bicyclic) bond motifs is 1. The summed E-state index contributed by atoms with van der Waals surface area (Å²) in [6.45, 7) is 5.51. The summed E-state index contributed by atoms with van der Waals surface area (Å²) in [5.74, 6) is 1.47. The molecule has 1 aromatic rings. The van der Waals surface area contributed by atoms with Crippen molar-refractivity contribution in [2.24, 2.45) is 5.92 Å². The first-order chi connectivity index (χ1) is 10.2. The summed E-state index contributed by atoms with van der Waals surface area (Å²) in [5, 5.41) is 0. The molecule has 2 aliphatic rings. The van der Waals surface area contributed by atoms with Gasteiger partial charge in [0, 0.05) is 25.7 Å². The van der Waals surface area contributed by atoms with Gasteiger partial charge in [0.05, 0.1) is 12.2 Å². The van der Waals surface area contributed by atoms with E-state index in [0.29, 0.717) is 29.9 Å². The summed E-state index contributed by atoms with van der Waals surface area (Å²) in [4.78, 5) is 17.4. The van der Waals surface area contributed by atoms with Crippen LogP contribution in [0.4, 0.5) is 0 Å². The van der Waals surface area contributed by atoms with Crippen molar-refractivity contribution in [2.75, 3.05) is 33.3 Å². The van der Waals surface area contributed by atoms with Crippen LogP contribution in [-0.4, -0.2) is 55.0 Å². The maximum absolute atomic E-state index is 13.0. The van der Waals surface area contributed by atoms with Crippen LogP contribution >= 0.6 is 0 Å². The monoisotopic (exact) mass is 288 g/mol. The molecule has 0 aliphatic carbocycles. The fraction of sp³-hybridized carbons (Fsp3) is 0.588. The predicted octanol–water partition coefficient (Wildman–Crippen LogP) is 2.25. The van der Waals surface area contributed by atoms with Crippen LogP contribution in [0.15, 0.2) is 24.3 Å². The molecule has 1 aromatic carbocycles. The van der Waals surface area contributed by atoms with Gasteiger partial charge in [-0.1, -0.05) is 12.1 Å². The molecule has 2 heterocycles. The van der Waals surface area contributed by atoms with Crippen LogP contribution in [0.2, 0.25) is 0 Å². The first-order valence-corrected chi connectivity index (χ1v) is 7.92. The Morgan fingerprint density at radius 2 is 2.14 bits per heavy atom. The number of carbonyl (C=O) groups excluding carboxylic acids is 1. The Morgan fingerprint density at radius 3 is 2.95 bits per heavy atom. The highest BCUT2D eigenvalue weighted by molar-refractivity contribution is 5.97. The minimum atomic E-state index is 0.129. The fourth-order valence-corrected chi connectivity index (χ4v) is 3.72. The molecule has 3 rings (SSSR count). The number of hydrogen-bond donors (Lipinski definition) is 0. The van der Waals surface area contributed by atoms with E-state index in [-0.39, 0.29) is 5.91 Å². The first-order valence-electron chi connectivity index (χ1n) is 7.92. The van der Waals surface area contributed by atoms with Crippen molar-refractivity contribution >= 4 is 5.91 Å². The quantitative estimate of drug-likeness (QED) is 0.855. The number of para-hydroxylation sites is 1. The zero-order valence-electron chi connectivity index (χ0n) is 12.9. The third-order valence-corrected chi connectivity index (χ3v) is 4.64. The Morgan fingerprint density at radius 1 is 1.33 bits per heavy atom. The van der Waals surface area contributed by atoms with E-state index in [9.17, 15) is 4.79 Å². The zero-order valence-corrected chi connectivity index (χ0v) is 12.9. The van der Waals surface area contributed by atoms with Crippen LogP contribution < -0.4 is 4.74 Å². The zero-order chi connectivity index (χ0) is 14.8. The van der Waals surface area contributed by atoms with Crippen molar-refractivity contribution in [2.45, 2.75) is 25.8 Å². The summed E-state index contributed by atoms with van der Waals surface area (Å²) >= 11 is 0. The summed E-state index contributed by atoms with van der Waals surface area (Å²) in [7, 11) is 2.15. The number of piperidine rings is 1. The van der Waals surface area contributed by atoms with Gasteiger partial charge in [0.25, 0.3) is 5.91 Å². The summed E-state index contributed by atoms with van der Waals surface area (Å²) in [6.07, 6.45) is 2.35. The lowest BCUT2D eigenvalue weighted by atomic mass is 9.91. The second kappa shape index (κ2) is 6.06. The van der Waals surface area contributed by atoms with E-state index in [1.807, 2.05) is 31.2 Å². The van der Waals surface area contributed by atoms with Crippen molar-refractivity contribution in [3.05, 3.63) is 29.8 Å². The van der Waals surface area contributed by atoms with Crippen LogP contribution in [0.3, 0.4) is 0 Å². The van der Waals surface area contributed by atoms with Crippen LogP contribution in [-0.2, 0) is 0 Å². The molecular formula is C17H24N2O2. The molecule has 0 radical (unpaired) electrons. The van der Waals surface area contributed by atoms with Crippen molar-refractivity contribution in [3.63, 3.8) is 0 Å². The van der Waals surface area contributed by atoms with E-state index in [2.05, 4.69) is 16.8 Å². The molecule has 2 saturated heterocycles. The summed E-state index contributed by atoms with van der Waals surface area (Å²) < 4.78 is 5.62. The van der Waals surface area contributed by atoms with Gasteiger partial charge in [0.2, 0.25) is 0 Å². The van der Waals surface area contributed by atoms with Crippen molar-refractivity contribution in [1.29, 1.82) is 0 Å². The predicted molar refractivity (Wildman–Crippen MR) is 82.7 cm³/mol. The maximum atomic E-state index is 13.0. The molecule has 0 spiro atoms. The highest BCUT2D eigenvalue weighted by atomic mass is 16.5. The lowest BCUT2D eigenvalue weighted by molar-refractivity contribution is 0.0567. The lowest BCUT2D eigenvalue weighted by Gasteiger charge is -2.37. The van der Waals surface area contributed by atoms with Crippen LogP contribution in [0.5, 0.6) is 5.75 Å². The van der Waals surface area contributed by atoms with Crippen LogP contribution in [0.25, 0.3) is 0 Å². The number of carbonyl (C=O) groups is 1. The van der Waals surface area contributed by atoms with Gasteiger partial charge in [0.15, 0.2) is 0 Å². The SMILES string of the molecule is CCOc1ccccc1C(=O)N1CCC[C@H]2CN(C)C[C@H]21. The Bertz CT molecular complexity index is 517. The number of likely N-dealkylation sites (tertiary alicyclic amines) is 2. The number of nitrogens with zero attached hydrogens (tertiary/aromatic N) is 2. The van der Waals surface area contributed by atoms with E-state index in [4.69, 9.17) is 4.74 Å². The number of hydrogen-bond acceptors (Lipinski definition) is 3. The van der Waals surface area contributed by atoms with Crippen LogP contribution in [0, 0.1) is 5.92 Å². The van der Waals surface area contributed by atoms with Gasteiger partial charge >= 0.3 is 0 Å². The number of rotatable bonds is 3. The molecule has 0 N–H and O–H groups in total. The summed E-state index contributed by atoms with van der Waals surface area (Å²) in [6, 6.07) is 7.97. The van der Waals surface area contributed by atoms with Gasteiger partial charge in [-0.15, -0.1) is 0 Å². The molecule has 2 atom stereocenters. The van der Waals surface area contributed by atoms with Gasteiger partial charge < -0.3 is 14.5 Å². The third-order valence-electron chi connectivity index (χ3n) is 4.64. The molecule has 0 saturated carbocycles. The smallest absolute Gasteiger partial charge is 0.257 e. The molecule has 21 heavy (non-hydrogen) atoms. The largest absolute Gasteiger partial charge is 0.493 e. The Kier molecular flexibility index (Phi) is 4.15. The molecule has 4 nitrogen and oxygen atoms in total. The number of amides is 1. The number of benzene rings is 1. The number of ether oxygens (including phenoxy) is 1. The fourth-order valence-electron chi connectivity index (χ4n) is 3.72. The normalized spacial score (nSPS) is 25.7. The Labute approximate surface area is 126 Å². The molecular weight excluding hydrogens is 264 g/mol. The average Bonchev–Trinajstić information content (AvgIpc) is 2.87. The second-order valence-corrected chi connectivity index (χ2v) is 6.12. The van der Waals surface area contributed by atoms with E-state index >= 15 is 0 Å². The van der Waals surface area contributed by atoms with E-state index < -0.39 is 0 Å². The molecule has 1 amide bonds. The van der Waals surface area contributed by atoms with Gasteiger partial charge in [-0.25, -0.2) is 0 Å². The highest BCUT2D eigenvalue weighted by Crippen LogP contribution is 2.32. The topological polar surface area (TPSA) is 32.8 Å². The van der Waals surface area contributed by atoms with Crippen LogP contribution in [0.1, 0.15) is 30.1 Å². The molecule has 2 aliphatic heterocycles. The minimum absolute atomic E-state index is 0.129. The van der Waals surface area contributed by atoms with Crippen molar-refractivity contribution in [3.8, 4) is 5.75 Å². The lowest BCUT2D eigenvalue weighted by Crippen LogP contribution is -2.48. The van der Waals surface area contributed by atoms with Gasteiger partial charge in [-0.2, -0.15) is 0 Å². The number of likely N-dealkylation sites (N-methyl/N-ethyl adjacent to an activating group) is 1. The molecule has 0 aromatic heterocycles. The van der Waals surface area contributed by atoms with Gasteiger partial charge in [0.1, 0.15) is 5.75 Å². The van der Waals surface area contributed by atoms with Crippen molar-refractivity contribution < 1.29 is 9.53 Å². The molecule has 4 heteroatoms. The Hall–Kier alpha value is -1.55. The average molecular weight is 288 g/mol. The third kappa shape index (κ3) is 2.77. The van der Waals surface area contributed by atoms with E-state index in [1.165, 1.54) is 6.42 Å². The van der Waals surface area contributed by atoms with Crippen molar-refractivity contribution in [1.82, 2.24) is 9.80 Å². The second-order valence-electron chi connectivity index (χ2n) is 6.12. The Balaban J connectivity index is 1.84. The maximum Gasteiger partial charge on any atom is 0.257 e. The molecule has 114 valence electrons. The molecule has 0 unspecified atom stereocenters. The first kappa shape index (κ1) is 14.4. The highest BCUT2D eigenvalue weighted by Gasteiger charge is 2.40. The molecule has 2 fully saturated rings.